The first-order valence-corrected chi connectivity index (χ1v) is 8.99. The molecule has 2 rings (SSSR count). The molecule has 5 nitrogen and oxygen atoms in total. The fourth-order valence-electron chi connectivity index (χ4n) is 1.90. The third-order valence-electron chi connectivity index (χ3n) is 3.00. The molecule has 2 aromatic carbocycles. The summed E-state index contributed by atoms with van der Waals surface area (Å²) in [6.45, 7) is 0. The van der Waals surface area contributed by atoms with Gasteiger partial charge in [-0.15, -0.1) is 0 Å². The fraction of sp³-hybridized carbons (Fsp3) is 0.133. The van der Waals surface area contributed by atoms with Gasteiger partial charge in [0.1, 0.15) is 6.04 Å². The van der Waals surface area contributed by atoms with Crippen LogP contribution in [0.25, 0.3) is 0 Å². The summed E-state index contributed by atoms with van der Waals surface area (Å²) >= 11 is 2.07. The van der Waals surface area contributed by atoms with Crippen molar-refractivity contribution >= 4 is 38.6 Å². The van der Waals surface area contributed by atoms with Gasteiger partial charge in [0, 0.05) is 3.57 Å². The number of carbonyl (C=O) groups is 1. The van der Waals surface area contributed by atoms with Gasteiger partial charge in [-0.25, -0.2) is 8.42 Å². The van der Waals surface area contributed by atoms with Crippen LogP contribution in [0.15, 0.2) is 59.5 Å². The lowest BCUT2D eigenvalue weighted by atomic mass is 10.1. The molecule has 0 amide bonds. The number of hydrogen-bond donors (Lipinski definition) is 2. The number of carboxylic acids is 1. The van der Waals surface area contributed by atoms with E-state index in [1.54, 1.807) is 36.4 Å². The molecule has 0 aliphatic carbocycles. The number of aliphatic carboxylic acids is 1. The number of carboxylic acid groups (broad SMARTS) is 1. The van der Waals surface area contributed by atoms with Crippen molar-refractivity contribution < 1.29 is 18.3 Å². The molecule has 116 valence electrons. The van der Waals surface area contributed by atoms with E-state index >= 15 is 0 Å². The highest BCUT2D eigenvalue weighted by molar-refractivity contribution is 14.1. The van der Waals surface area contributed by atoms with Crippen molar-refractivity contribution in [3.63, 3.8) is 0 Å². The van der Waals surface area contributed by atoms with Crippen molar-refractivity contribution in [1.29, 1.82) is 0 Å². The molecule has 0 fully saturated rings. The predicted molar refractivity (Wildman–Crippen MR) is 91.1 cm³/mol. The van der Waals surface area contributed by atoms with Crippen molar-refractivity contribution in [3.8, 4) is 0 Å². The molecular weight excluding hydrogens is 417 g/mol. The highest BCUT2D eigenvalue weighted by atomic mass is 127. The molecule has 0 bridgehead atoms. The van der Waals surface area contributed by atoms with Crippen LogP contribution in [0.1, 0.15) is 5.56 Å². The minimum atomic E-state index is -3.88. The van der Waals surface area contributed by atoms with Gasteiger partial charge in [0.2, 0.25) is 10.0 Å². The Morgan fingerprint density at radius 1 is 1.09 bits per heavy atom. The second kappa shape index (κ2) is 7.21. The predicted octanol–water partition coefficient (Wildman–Crippen LogP) is 2.27. The van der Waals surface area contributed by atoms with E-state index in [0.29, 0.717) is 0 Å². The van der Waals surface area contributed by atoms with Crippen LogP contribution in [0.5, 0.6) is 0 Å². The standard InChI is InChI=1S/C15H14INO4S/c16-12-6-8-13(9-7-12)22(20,21)17-14(15(18)19)10-11-4-2-1-3-5-11/h1-9,14,17H,10H2,(H,18,19). The molecule has 0 spiro atoms. The van der Waals surface area contributed by atoms with Crippen molar-refractivity contribution in [2.45, 2.75) is 17.4 Å². The van der Waals surface area contributed by atoms with E-state index in [4.69, 9.17) is 0 Å². The Balaban J connectivity index is 2.20. The van der Waals surface area contributed by atoms with Gasteiger partial charge in [-0.1, -0.05) is 30.3 Å². The average Bonchev–Trinajstić information content (AvgIpc) is 2.48. The lowest BCUT2D eigenvalue weighted by molar-refractivity contribution is -0.138. The minimum absolute atomic E-state index is 0.0484. The van der Waals surface area contributed by atoms with E-state index < -0.39 is 22.0 Å². The summed E-state index contributed by atoms with van der Waals surface area (Å²) in [6.07, 6.45) is 0.0831. The summed E-state index contributed by atoms with van der Waals surface area (Å²) < 4.78 is 27.7. The highest BCUT2D eigenvalue weighted by Gasteiger charge is 2.25. The first-order chi connectivity index (χ1) is 10.4. The Hall–Kier alpha value is -1.45. The largest absolute Gasteiger partial charge is 0.480 e. The van der Waals surface area contributed by atoms with Crippen LogP contribution >= 0.6 is 22.6 Å². The number of sulfonamides is 1. The van der Waals surface area contributed by atoms with Gasteiger partial charge in [0.05, 0.1) is 4.90 Å². The van der Waals surface area contributed by atoms with E-state index in [9.17, 15) is 18.3 Å². The Morgan fingerprint density at radius 2 is 1.68 bits per heavy atom. The van der Waals surface area contributed by atoms with Crippen LogP contribution in [0.4, 0.5) is 0 Å². The maximum absolute atomic E-state index is 12.3. The second-order valence-electron chi connectivity index (χ2n) is 4.66. The van der Waals surface area contributed by atoms with Crippen LogP contribution in [0.3, 0.4) is 0 Å². The molecule has 1 atom stereocenters. The highest BCUT2D eigenvalue weighted by Crippen LogP contribution is 2.13. The average molecular weight is 431 g/mol. The molecule has 0 aliphatic rings. The van der Waals surface area contributed by atoms with Gasteiger partial charge in [-0.05, 0) is 58.8 Å². The summed E-state index contributed by atoms with van der Waals surface area (Å²) in [5.41, 5.74) is 0.750. The number of rotatable bonds is 6. The number of benzene rings is 2. The summed E-state index contributed by atoms with van der Waals surface area (Å²) in [4.78, 5) is 11.4. The Morgan fingerprint density at radius 3 is 2.23 bits per heavy atom. The normalized spacial score (nSPS) is 12.8. The van der Waals surface area contributed by atoms with Crippen LogP contribution in [-0.4, -0.2) is 25.5 Å². The smallest absolute Gasteiger partial charge is 0.322 e. The molecule has 0 saturated carbocycles. The zero-order chi connectivity index (χ0) is 16.2. The van der Waals surface area contributed by atoms with E-state index in [1.807, 2.05) is 6.07 Å². The number of halogens is 1. The quantitative estimate of drug-likeness (QED) is 0.688. The van der Waals surface area contributed by atoms with Crippen LogP contribution in [0.2, 0.25) is 0 Å². The van der Waals surface area contributed by atoms with Gasteiger partial charge in [0.15, 0.2) is 0 Å². The van der Waals surface area contributed by atoms with Crippen molar-refractivity contribution in [1.82, 2.24) is 4.72 Å². The number of nitrogens with one attached hydrogen (secondary N) is 1. The first-order valence-electron chi connectivity index (χ1n) is 6.43. The zero-order valence-electron chi connectivity index (χ0n) is 11.4. The lowest BCUT2D eigenvalue weighted by Crippen LogP contribution is -2.42. The third-order valence-corrected chi connectivity index (χ3v) is 5.21. The summed E-state index contributed by atoms with van der Waals surface area (Å²) in [7, 11) is -3.88. The molecule has 1 unspecified atom stereocenters. The Kier molecular flexibility index (Phi) is 5.54. The van der Waals surface area contributed by atoms with E-state index in [0.717, 1.165) is 9.13 Å². The molecular formula is C15H14INO4S. The topological polar surface area (TPSA) is 83.5 Å². The Bertz CT molecular complexity index is 745. The zero-order valence-corrected chi connectivity index (χ0v) is 14.4. The monoisotopic (exact) mass is 431 g/mol. The summed E-state index contributed by atoms with van der Waals surface area (Å²) in [6, 6.07) is 13.9. The van der Waals surface area contributed by atoms with Crippen LogP contribution in [0, 0.1) is 3.57 Å². The van der Waals surface area contributed by atoms with Crippen molar-refractivity contribution in [2.24, 2.45) is 0 Å². The second-order valence-corrected chi connectivity index (χ2v) is 7.62. The summed E-state index contributed by atoms with van der Waals surface area (Å²) in [5, 5.41) is 9.26. The molecule has 0 saturated heterocycles. The van der Waals surface area contributed by atoms with E-state index in [1.165, 1.54) is 12.1 Å². The van der Waals surface area contributed by atoms with Crippen molar-refractivity contribution in [2.75, 3.05) is 0 Å². The van der Waals surface area contributed by atoms with Gasteiger partial charge in [-0.3, -0.25) is 4.79 Å². The maximum Gasteiger partial charge on any atom is 0.322 e. The first kappa shape index (κ1) is 16.9. The van der Waals surface area contributed by atoms with E-state index in [2.05, 4.69) is 27.3 Å². The Labute approximate surface area is 142 Å². The number of hydrogen-bond acceptors (Lipinski definition) is 3. The molecule has 0 aromatic heterocycles. The van der Waals surface area contributed by atoms with Crippen LogP contribution < -0.4 is 4.72 Å². The summed E-state index contributed by atoms with van der Waals surface area (Å²) in [5.74, 6) is -1.21. The molecule has 0 radical (unpaired) electrons. The van der Waals surface area contributed by atoms with Gasteiger partial charge < -0.3 is 5.11 Å². The molecule has 7 heteroatoms. The fourth-order valence-corrected chi connectivity index (χ4v) is 3.45. The molecule has 22 heavy (non-hydrogen) atoms. The molecule has 0 aliphatic heterocycles. The molecule has 0 heterocycles. The van der Waals surface area contributed by atoms with Gasteiger partial charge in [0.25, 0.3) is 0 Å². The van der Waals surface area contributed by atoms with Crippen LogP contribution in [-0.2, 0) is 21.2 Å². The molecule has 2 N–H and O–H groups in total. The maximum atomic E-state index is 12.3. The van der Waals surface area contributed by atoms with E-state index in [-0.39, 0.29) is 11.3 Å². The SMILES string of the molecule is O=C(O)C(Cc1ccccc1)NS(=O)(=O)c1ccc(I)cc1. The van der Waals surface area contributed by atoms with Crippen molar-refractivity contribution in [3.05, 3.63) is 63.7 Å². The lowest BCUT2D eigenvalue weighted by Gasteiger charge is -2.15. The molecule has 2 aromatic rings. The van der Waals surface area contributed by atoms with Gasteiger partial charge in [-0.2, -0.15) is 4.72 Å². The van der Waals surface area contributed by atoms with Gasteiger partial charge >= 0.3 is 5.97 Å². The third kappa shape index (κ3) is 4.52. The minimum Gasteiger partial charge on any atom is -0.480 e.